The van der Waals surface area contributed by atoms with Crippen LogP contribution in [-0.2, 0) is 4.79 Å². The number of rotatable bonds is 2. The van der Waals surface area contributed by atoms with Crippen molar-refractivity contribution in [2.24, 2.45) is 0 Å². The van der Waals surface area contributed by atoms with Crippen LogP contribution in [0.15, 0.2) is 24.3 Å². The van der Waals surface area contributed by atoms with Crippen LogP contribution in [0.5, 0.6) is 0 Å². The van der Waals surface area contributed by atoms with Crippen molar-refractivity contribution < 1.29 is 14.3 Å². The first kappa shape index (κ1) is 11.2. The van der Waals surface area contributed by atoms with Gasteiger partial charge in [-0.2, -0.15) is 0 Å². The molecule has 1 aromatic carbocycles. The summed E-state index contributed by atoms with van der Waals surface area (Å²) in [6, 6.07) is 6.98. The molecule has 1 atom stereocenters. The molecule has 0 saturated carbocycles. The van der Waals surface area contributed by atoms with Crippen LogP contribution < -0.4 is 4.90 Å². The molecule has 2 rings (SSSR count). The molecule has 1 heterocycles. The van der Waals surface area contributed by atoms with Crippen molar-refractivity contribution in [2.45, 2.75) is 12.1 Å². The van der Waals surface area contributed by atoms with Gasteiger partial charge >= 0.3 is 5.97 Å². The first-order valence-corrected chi connectivity index (χ1v) is 5.32. The molecule has 0 aliphatic carbocycles. The molecule has 1 unspecified atom stereocenters. The molecule has 1 saturated heterocycles. The average molecular weight is 244 g/mol. The van der Waals surface area contributed by atoms with Crippen LogP contribution in [0.3, 0.4) is 0 Å². The normalized spacial score (nSPS) is 24.8. The van der Waals surface area contributed by atoms with Crippen LogP contribution in [0.1, 0.15) is 6.42 Å². The predicted molar refractivity (Wildman–Crippen MR) is 59.8 cm³/mol. The third-order valence-corrected chi connectivity index (χ3v) is 3.01. The quantitative estimate of drug-likeness (QED) is 0.867. The molecule has 16 heavy (non-hydrogen) atoms. The number of halogens is 2. The minimum Gasteiger partial charge on any atom is -0.479 e. The number of alkyl halides is 1. The Kier molecular flexibility index (Phi) is 2.76. The highest BCUT2D eigenvalue weighted by atomic mass is 35.5. The first-order chi connectivity index (χ1) is 7.51. The molecule has 5 heteroatoms. The summed E-state index contributed by atoms with van der Waals surface area (Å²) in [7, 11) is 0. The van der Waals surface area contributed by atoms with E-state index in [1.807, 2.05) is 0 Å². The molecule has 1 aliphatic rings. The Balaban J connectivity index is 2.18. The minimum atomic E-state index is -2.14. The van der Waals surface area contributed by atoms with Crippen LogP contribution in [0.2, 0.25) is 5.02 Å². The lowest BCUT2D eigenvalue weighted by Gasteiger charge is -2.19. The maximum Gasteiger partial charge on any atom is 0.343 e. The minimum absolute atomic E-state index is 0.00878. The molecule has 1 fully saturated rings. The lowest BCUT2D eigenvalue weighted by molar-refractivity contribution is -0.149. The number of carboxylic acids is 1. The summed E-state index contributed by atoms with van der Waals surface area (Å²) in [4.78, 5) is 12.4. The number of hydrogen-bond donors (Lipinski definition) is 1. The Bertz CT molecular complexity index is 426. The van der Waals surface area contributed by atoms with Gasteiger partial charge in [0, 0.05) is 23.7 Å². The molecular weight excluding hydrogens is 233 g/mol. The summed E-state index contributed by atoms with van der Waals surface area (Å²) < 4.78 is 13.8. The summed E-state index contributed by atoms with van der Waals surface area (Å²) in [6.07, 6.45) is 0.00878. The fraction of sp³-hybridized carbons (Fsp3) is 0.364. The first-order valence-electron chi connectivity index (χ1n) is 4.94. The molecule has 0 bridgehead atoms. The predicted octanol–water partition coefficient (Wildman–Crippen LogP) is 2.34. The number of carbonyl (C=O) groups is 1. The summed E-state index contributed by atoms with van der Waals surface area (Å²) in [5.41, 5.74) is -1.38. The van der Waals surface area contributed by atoms with E-state index in [0.29, 0.717) is 11.6 Å². The maximum absolute atomic E-state index is 13.8. The van der Waals surface area contributed by atoms with Gasteiger partial charge in [0.15, 0.2) is 0 Å². The molecule has 1 aromatic rings. The van der Waals surface area contributed by atoms with Gasteiger partial charge in [-0.1, -0.05) is 17.7 Å². The van der Waals surface area contributed by atoms with Gasteiger partial charge in [-0.05, 0) is 18.2 Å². The molecule has 3 nitrogen and oxygen atoms in total. The number of nitrogens with zero attached hydrogens (tertiary/aromatic N) is 1. The van der Waals surface area contributed by atoms with E-state index in [-0.39, 0.29) is 13.0 Å². The number of anilines is 1. The van der Waals surface area contributed by atoms with Gasteiger partial charge in [-0.25, -0.2) is 9.18 Å². The Labute approximate surface area is 97.4 Å². The third kappa shape index (κ3) is 1.97. The topological polar surface area (TPSA) is 40.5 Å². The summed E-state index contributed by atoms with van der Waals surface area (Å²) in [5.74, 6) is -1.39. The van der Waals surface area contributed by atoms with Crippen LogP contribution in [0.4, 0.5) is 10.1 Å². The Morgan fingerprint density at radius 1 is 1.56 bits per heavy atom. The fourth-order valence-corrected chi connectivity index (χ4v) is 2.03. The van der Waals surface area contributed by atoms with Gasteiger partial charge in [0.05, 0.1) is 6.54 Å². The van der Waals surface area contributed by atoms with E-state index in [1.54, 1.807) is 29.2 Å². The maximum atomic E-state index is 13.8. The fourth-order valence-electron chi connectivity index (χ4n) is 1.84. The van der Waals surface area contributed by atoms with E-state index in [2.05, 4.69) is 0 Å². The van der Waals surface area contributed by atoms with E-state index in [4.69, 9.17) is 16.7 Å². The molecule has 1 N–H and O–H groups in total. The highest BCUT2D eigenvalue weighted by molar-refractivity contribution is 6.30. The lowest BCUT2D eigenvalue weighted by atomic mass is 10.1. The molecule has 86 valence electrons. The number of carboxylic acid groups (broad SMARTS) is 1. The Morgan fingerprint density at radius 2 is 2.31 bits per heavy atom. The van der Waals surface area contributed by atoms with E-state index in [1.165, 1.54) is 0 Å². The van der Waals surface area contributed by atoms with Gasteiger partial charge in [-0.15, -0.1) is 0 Å². The summed E-state index contributed by atoms with van der Waals surface area (Å²) >= 11 is 5.82. The van der Waals surface area contributed by atoms with Crippen molar-refractivity contribution in [1.29, 1.82) is 0 Å². The van der Waals surface area contributed by atoms with E-state index in [0.717, 1.165) is 5.69 Å². The van der Waals surface area contributed by atoms with Crippen LogP contribution >= 0.6 is 11.6 Å². The molecule has 0 radical (unpaired) electrons. The van der Waals surface area contributed by atoms with Gasteiger partial charge in [0.2, 0.25) is 5.67 Å². The number of benzene rings is 1. The summed E-state index contributed by atoms with van der Waals surface area (Å²) in [5, 5.41) is 9.32. The van der Waals surface area contributed by atoms with Crippen molar-refractivity contribution in [2.75, 3.05) is 18.0 Å². The van der Waals surface area contributed by atoms with Crippen molar-refractivity contribution in [3.05, 3.63) is 29.3 Å². The number of aliphatic carboxylic acids is 1. The standard InChI is InChI=1S/C11H11ClFNO2/c12-8-2-1-3-9(6-8)14-5-4-11(13,7-14)10(15)16/h1-3,6H,4-5,7H2,(H,15,16). The molecule has 0 spiro atoms. The van der Waals surface area contributed by atoms with Gasteiger partial charge in [0.1, 0.15) is 0 Å². The van der Waals surface area contributed by atoms with Gasteiger partial charge in [0.25, 0.3) is 0 Å². The van der Waals surface area contributed by atoms with Crippen LogP contribution in [0.25, 0.3) is 0 Å². The zero-order chi connectivity index (χ0) is 11.8. The monoisotopic (exact) mass is 243 g/mol. The molecule has 0 aromatic heterocycles. The lowest BCUT2D eigenvalue weighted by Crippen LogP contribution is -2.37. The smallest absolute Gasteiger partial charge is 0.343 e. The van der Waals surface area contributed by atoms with Crippen molar-refractivity contribution in [1.82, 2.24) is 0 Å². The van der Waals surface area contributed by atoms with Gasteiger partial charge in [-0.3, -0.25) is 0 Å². The second-order valence-electron chi connectivity index (χ2n) is 3.92. The highest BCUT2D eigenvalue weighted by Gasteiger charge is 2.45. The van der Waals surface area contributed by atoms with E-state index >= 15 is 0 Å². The zero-order valence-electron chi connectivity index (χ0n) is 8.49. The molecule has 1 aliphatic heterocycles. The molecular formula is C11H11ClFNO2. The third-order valence-electron chi connectivity index (χ3n) is 2.78. The number of hydrogen-bond acceptors (Lipinski definition) is 2. The van der Waals surface area contributed by atoms with Crippen LogP contribution in [-0.4, -0.2) is 29.8 Å². The zero-order valence-corrected chi connectivity index (χ0v) is 9.25. The van der Waals surface area contributed by atoms with E-state index in [9.17, 15) is 9.18 Å². The van der Waals surface area contributed by atoms with Crippen LogP contribution in [0, 0.1) is 0 Å². The largest absolute Gasteiger partial charge is 0.479 e. The van der Waals surface area contributed by atoms with Crippen molar-refractivity contribution in [3.8, 4) is 0 Å². The average Bonchev–Trinajstić information content (AvgIpc) is 2.62. The van der Waals surface area contributed by atoms with Crippen molar-refractivity contribution >= 4 is 23.3 Å². The van der Waals surface area contributed by atoms with Crippen molar-refractivity contribution in [3.63, 3.8) is 0 Å². The summed E-state index contributed by atoms with van der Waals surface area (Å²) in [6.45, 7) is 0.270. The highest BCUT2D eigenvalue weighted by Crippen LogP contribution is 2.31. The Hall–Kier alpha value is -1.29. The Morgan fingerprint density at radius 3 is 2.88 bits per heavy atom. The second kappa shape index (κ2) is 3.94. The second-order valence-corrected chi connectivity index (χ2v) is 4.36. The van der Waals surface area contributed by atoms with Gasteiger partial charge < -0.3 is 10.0 Å². The SMILES string of the molecule is O=C(O)C1(F)CCN(c2cccc(Cl)c2)C1. The van der Waals surface area contributed by atoms with E-state index < -0.39 is 11.6 Å². The molecule has 0 amide bonds.